The normalized spacial score (nSPS) is 20.6. The van der Waals surface area contributed by atoms with Gasteiger partial charge < -0.3 is 10.1 Å². The molecule has 0 radical (unpaired) electrons. The van der Waals surface area contributed by atoms with E-state index in [4.69, 9.17) is 4.74 Å². The summed E-state index contributed by atoms with van der Waals surface area (Å²) in [5.74, 6) is -2.56. The number of methoxy groups -OCH3 is 1. The number of para-hydroxylation sites is 1. The van der Waals surface area contributed by atoms with Crippen LogP contribution in [0.5, 0.6) is 5.75 Å². The maximum absolute atomic E-state index is 13.5. The van der Waals surface area contributed by atoms with E-state index in [1.165, 1.54) is 13.2 Å². The Kier molecular flexibility index (Phi) is 3.33. The van der Waals surface area contributed by atoms with Crippen molar-refractivity contribution in [3.05, 3.63) is 29.3 Å². The van der Waals surface area contributed by atoms with Gasteiger partial charge in [0, 0.05) is 18.5 Å². The standard InChI is InChI=1S/C13H17F2NO/c1-13(14,15)10-6-3-5-9(12(10)17-2)11-7-4-8-16-11/h3,5-6,11,16H,4,7-8H2,1-2H3. The zero-order valence-corrected chi connectivity index (χ0v) is 10.1. The first-order valence-corrected chi connectivity index (χ1v) is 5.82. The lowest BCUT2D eigenvalue weighted by molar-refractivity contribution is 0.0149. The van der Waals surface area contributed by atoms with E-state index < -0.39 is 5.92 Å². The Labute approximate surface area is 100.0 Å². The molecular weight excluding hydrogens is 224 g/mol. The molecule has 4 heteroatoms. The van der Waals surface area contributed by atoms with Crippen LogP contribution in [0.3, 0.4) is 0 Å². The number of halogens is 2. The number of nitrogens with one attached hydrogen (secondary N) is 1. The van der Waals surface area contributed by atoms with E-state index in [1.807, 2.05) is 6.07 Å². The monoisotopic (exact) mass is 241 g/mol. The molecule has 1 aliphatic heterocycles. The Morgan fingerprint density at radius 3 is 2.71 bits per heavy atom. The number of hydrogen-bond donors (Lipinski definition) is 1. The molecule has 0 spiro atoms. The van der Waals surface area contributed by atoms with Crippen molar-refractivity contribution in [2.24, 2.45) is 0 Å². The second-order valence-electron chi connectivity index (χ2n) is 4.47. The van der Waals surface area contributed by atoms with Crippen molar-refractivity contribution >= 4 is 0 Å². The average Bonchev–Trinajstić information content (AvgIpc) is 2.80. The molecule has 1 N–H and O–H groups in total. The summed E-state index contributed by atoms with van der Waals surface area (Å²) in [6, 6.07) is 5.09. The minimum absolute atomic E-state index is 0.0359. The van der Waals surface area contributed by atoms with Gasteiger partial charge in [-0.15, -0.1) is 0 Å². The molecule has 0 aromatic heterocycles. The molecule has 1 saturated heterocycles. The van der Waals surface area contributed by atoms with E-state index in [0.29, 0.717) is 5.75 Å². The maximum atomic E-state index is 13.5. The molecule has 2 nitrogen and oxygen atoms in total. The zero-order valence-electron chi connectivity index (χ0n) is 10.1. The molecular formula is C13H17F2NO. The Bertz CT molecular complexity index is 395. The predicted molar refractivity (Wildman–Crippen MR) is 62.5 cm³/mol. The highest BCUT2D eigenvalue weighted by atomic mass is 19.3. The van der Waals surface area contributed by atoms with Gasteiger partial charge in [0.15, 0.2) is 0 Å². The van der Waals surface area contributed by atoms with Crippen LogP contribution in [0, 0.1) is 0 Å². The summed E-state index contributed by atoms with van der Waals surface area (Å²) >= 11 is 0. The van der Waals surface area contributed by atoms with Gasteiger partial charge >= 0.3 is 0 Å². The van der Waals surface area contributed by atoms with Crippen LogP contribution in [-0.4, -0.2) is 13.7 Å². The van der Waals surface area contributed by atoms with Gasteiger partial charge in [-0.2, -0.15) is 0 Å². The first-order chi connectivity index (χ1) is 8.04. The fraction of sp³-hybridized carbons (Fsp3) is 0.538. The van der Waals surface area contributed by atoms with Gasteiger partial charge in [0.1, 0.15) is 5.75 Å². The van der Waals surface area contributed by atoms with Crippen LogP contribution in [0.15, 0.2) is 18.2 Å². The molecule has 2 rings (SSSR count). The summed E-state index contributed by atoms with van der Waals surface area (Å²) in [6.07, 6.45) is 2.04. The zero-order chi connectivity index (χ0) is 12.5. The van der Waals surface area contributed by atoms with Gasteiger partial charge in [0.25, 0.3) is 5.92 Å². The molecule has 1 aromatic rings. The van der Waals surface area contributed by atoms with Crippen LogP contribution in [0.25, 0.3) is 0 Å². The lowest BCUT2D eigenvalue weighted by Crippen LogP contribution is -2.16. The van der Waals surface area contributed by atoms with Crippen LogP contribution in [0.1, 0.15) is 36.9 Å². The van der Waals surface area contributed by atoms with Gasteiger partial charge in [-0.1, -0.05) is 12.1 Å². The smallest absolute Gasteiger partial charge is 0.274 e. The van der Waals surface area contributed by atoms with E-state index in [0.717, 1.165) is 31.9 Å². The molecule has 1 fully saturated rings. The third kappa shape index (κ3) is 2.41. The van der Waals surface area contributed by atoms with E-state index in [2.05, 4.69) is 5.32 Å². The average molecular weight is 241 g/mol. The molecule has 94 valence electrons. The van der Waals surface area contributed by atoms with Crippen LogP contribution < -0.4 is 10.1 Å². The lowest BCUT2D eigenvalue weighted by Gasteiger charge is -2.21. The molecule has 0 bridgehead atoms. The summed E-state index contributed by atoms with van der Waals surface area (Å²) in [5, 5.41) is 3.30. The molecule has 17 heavy (non-hydrogen) atoms. The summed E-state index contributed by atoms with van der Waals surface area (Å²) in [6.45, 7) is 1.83. The molecule has 1 unspecified atom stereocenters. The first-order valence-electron chi connectivity index (χ1n) is 5.82. The fourth-order valence-corrected chi connectivity index (χ4v) is 2.35. The summed E-state index contributed by atoms with van der Waals surface area (Å²) < 4.78 is 32.1. The van der Waals surface area contributed by atoms with Crippen molar-refractivity contribution in [1.82, 2.24) is 5.32 Å². The highest BCUT2D eigenvalue weighted by Gasteiger charge is 2.31. The largest absolute Gasteiger partial charge is 0.496 e. The summed E-state index contributed by atoms with van der Waals surface area (Å²) in [5.41, 5.74) is 0.801. The third-order valence-electron chi connectivity index (χ3n) is 3.16. The summed E-state index contributed by atoms with van der Waals surface area (Å²) in [4.78, 5) is 0. The van der Waals surface area contributed by atoms with Crippen LogP contribution in [0.2, 0.25) is 0 Å². The second-order valence-corrected chi connectivity index (χ2v) is 4.47. The van der Waals surface area contributed by atoms with Crippen LogP contribution in [-0.2, 0) is 5.92 Å². The summed E-state index contributed by atoms with van der Waals surface area (Å²) in [7, 11) is 1.45. The van der Waals surface area contributed by atoms with Gasteiger partial charge in [0.05, 0.1) is 12.7 Å². The predicted octanol–water partition coefficient (Wildman–Crippen LogP) is 3.23. The van der Waals surface area contributed by atoms with E-state index in [-0.39, 0.29) is 11.6 Å². The Morgan fingerprint density at radius 1 is 1.41 bits per heavy atom. The van der Waals surface area contributed by atoms with Crippen molar-refractivity contribution in [1.29, 1.82) is 0 Å². The minimum atomic E-state index is -2.88. The van der Waals surface area contributed by atoms with Crippen molar-refractivity contribution in [3.8, 4) is 5.75 Å². The van der Waals surface area contributed by atoms with E-state index >= 15 is 0 Å². The number of alkyl halides is 2. The number of hydrogen-bond acceptors (Lipinski definition) is 2. The van der Waals surface area contributed by atoms with Crippen molar-refractivity contribution in [2.45, 2.75) is 31.7 Å². The van der Waals surface area contributed by atoms with Gasteiger partial charge in [-0.25, -0.2) is 8.78 Å². The van der Waals surface area contributed by atoms with Crippen molar-refractivity contribution < 1.29 is 13.5 Å². The third-order valence-corrected chi connectivity index (χ3v) is 3.16. The van der Waals surface area contributed by atoms with E-state index in [9.17, 15) is 8.78 Å². The highest BCUT2D eigenvalue weighted by molar-refractivity contribution is 5.45. The lowest BCUT2D eigenvalue weighted by atomic mass is 9.98. The molecule has 1 atom stereocenters. The fourth-order valence-electron chi connectivity index (χ4n) is 2.35. The molecule has 0 aliphatic carbocycles. The van der Waals surface area contributed by atoms with Crippen LogP contribution in [0.4, 0.5) is 8.78 Å². The topological polar surface area (TPSA) is 21.3 Å². The first kappa shape index (κ1) is 12.3. The molecule has 0 saturated carbocycles. The van der Waals surface area contributed by atoms with Crippen LogP contribution >= 0.6 is 0 Å². The SMILES string of the molecule is COc1c(C2CCCN2)cccc1C(C)(F)F. The second kappa shape index (κ2) is 4.61. The van der Waals surface area contributed by atoms with Crippen molar-refractivity contribution in [2.75, 3.05) is 13.7 Å². The highest BCUT2D eigenvalue weighted by Crippen LogP contribution is 2.40. The molecule has 0 amide bonds. The maximum Gasteiger partial charge on any atom is 0.274 e. The molecule has 1 heterocycles. The van der Waals surface area contributed by atoms with Gasteiger partial charge in [-0.3, -0.25) is 0 Å². The van der Waals surface area contributed by atoms with Gasteiger partial charge in [0.2, 0.25) is 0 Å². The Morgan fingerprint density at radius 2 is 2.18 bits per heavy atom. The number of benzene rings is 1. The molecule has 1 aliphatic rings. The number of ether oxygens (including phenoxy) is 1. The molecule has 1 aromatic carbocycles. The van der Waals surface area contributed by atoms with E-state index in [1.54, 1.807) is 6.07 Å². The Balaban J connectivity index is 2.45. The Hall–Kier alpha value is -1.16. The van der Waals surface area contributed by atoms with Crippen molar-refractivity contribution in [3.63, 3.8) is 0 Å². The minimum Gasteiger partial charge on any atom is -0.496 e. The van der Waals surface area contributed by atoms with Gasteiger partial charge in [-0.05, 0) is 25.5 Å². The number of rotatable bonds is 3. The quantitative estimate of drug-likeness (QED) is 0.877.